The summed E-state index contributed by atoms with van der Waals surface area (Å²) < 4.78 is 0. The van der Waals surface area contributed by atoms with Crippen molar-refractivity contribution in [3.8, 4) is 0 Å². The average molecular weight is 203 g/mol. The molecule has 0 radical (unpaired) electrons. The van der Waals surface area contributed by atoms with Crippen LogP contribution in [-0.4, -0.2) is 0 Å². The predicted octanol–water partition coefficient (Wildman–Crippen LogP) is 3.26. The molecular formula is C13H17NO. The Labute approximate surface area is 90.6 Å². The summed E-state index contributed by atoms with van der Waals surface area (Å²) in [5.41, 5.74) is 1.13. The molecule has 0 saturated carbocycles. The van der Waals surface area contributed by atoms with E-state index in [9.17, 15) is 0 Å². The van der Waals surface area contributed by atoms with Gasteiger partial charge in [0.25, 0.3) is 0 Å². The van der Waals surface area contributed by atoms with Crippen LogP contribution in [0, 0.1) is 0 Å². The normalized spacial score (nSPS) is 9.53. The van der Waals surface area contributed by atoms with Crippen LogP contribution in [0.2, 0.25) is 0 Å². The first-order chi connectivity index (χ1) is 7.42. The Kier molecular flexibility index (Phi) is 4.81. The van der Waals surface area contributed by atoms with Gasteiger partial charge in [-0.25, -0.2) is 5.90 Å². The van der Waals surface area contributed by atoms with E-state index < -0.39 is 0 Å². The third-order valence-corrected chi connectivity index (χ3v) is 2.12. The zero-order valence-corrected chi connectivity index (χ0v) is 9.23. The Morgan fingerprint density at radius 1 is 1.00 bits per heavy atom. The summed E-state index contributed by atoms with van der Waals surface area (Å²) in [6.45, 7) is 4.46. The Morgan fingerprint density at radius 3 is 2.40 bits per heavy atom. The monoisotopic (exact) mass is 203 g/mol. The molecule has 0 aliphatic rings. The van der Waals surface area contributed by atoms with Crippen LogP contribution in [-0.2, 0) is 11.4 Å². The summed E-state index contributed by atoms with van der Waals surface area (Å²) in [5.74, 6) is 5.05. The van der Waals surface area contributed by atoms with Gasteiger partial charge in [0.1, 0.15) is 0 Å². The van der Waals surface area contributed by atoms with E-state index in [2.05, 4.69) is 23.0 Å². The molecule has 0 atom stereocenters. The van der Waals surface area contributed by atoms with Crippen molar-refractivity contribution in [2.75, 3.05) is 0 Å². The Balaban J connectivity index is 0.000000531. The van der Waals surface area contributed by atoms with E-state index in [0.29, 0.717) is 6.61 Å². The summed E-state index contributed by atoms with van der Waals surface area (Å²) in [7, 11) is 0. The van der Waals surface area contributed by atoms with Crippen LogP contribution in [0.1, 0.15) is 19.4 Å². The van der Waals surface area contributed by atoms with Crippen molar-refractivity contribution in [3.63, 3.8) is 0 Å². The van der Waals surface area contributed by atoms with Gasteiger partial charge in [-0.05, 0) is 16.3 Å². The lowest BCUT2D eigenvalue weighted by atomic mass is 10.1. The molecule has 0 bridgehead atoms. The van der Waals surface area contributed by atoms with Crippen LogP contribution < -0.4 is 5.90 Å². The first-order valence-corrected chi connectivity index (χ1v) is 5.20. The molecule has 0 aromatic heterocycles. The fourth-order valence-corrected chi connectivity index (χ4v) is 1.51. The molecule has 0 saturated heterocycles. The van der Waals surface area contributed by atoms with Gasteiger partial charge >= 0.3 is 0 Å². The van der Waals surface area contributed by atoms with Gasteiger partial charge in [0.2, 0.25) is 0 Å². The maximum Gasteiger partial charge on any atom is 0.0936 e. The Morgan fingerprint density at radius 2 is 1.67 bits per heavy atom. The second-order valence-corrected chi connectivity index (χ2v) is 2.95. The topological polar surface area (TPSA) is 35.2 Å². The van der Waals surface area contributed by atoms with Gasteiger partial charge in [-0.1, -0.05) is 56.3 Å². The molecule has 0 amide bonds. The van der Waals surface area contributed by atoms with Gasteiger partial charge in [-0.15, -0.1) is 0 Å². The van der Waals surface area contributed by atoms with Gasteiger partial charge in [-0.3, -0.25) is 4.84 Å². The van der Waals surface area contributed by atoms with Crippen molar-refractivity contribution in [2.45, 2.75) is 20.5 Å². The molecule has 2 aromatic carbocycles. The molecule has 2 nitrogen and oxygen atoms in total. The highest BCUT2D eigenvalue weighted by Crippen LogP contribution is 2.18. The predicted molar refractivity (Wildman–Crippen MR) is 64.3 cm³/mol. The lowest BCUT2D eigenvalue weighted by Crippen LogP contribution is -1.99. The maximum absolute atomic E-state index is 5.05. The molecule has 2 aromatic rings. The van der Waals surface area contributed by atoms with E-state index in [1.165, 1.54) is 10.8 Å². The maximum atomic E-state index is 5.05. The van der Waals surface area contributed by atoms with Gasteiger partial charge < -0.3 is 0 Å². The summed E-state index contributed by atoms with van der Waals surface area (Å²) in [4.78, 5) is 4.64. The largest absolute Gasteiger partial charge is 0.300 e. The van der Waals surface area contributed by atoms with Crippen LogP contribution in [0.4, 0.5) is 0 Å². The summed E-state index contributed by atoms with van der Waals surface area (Å²) in [6, 6.07) is 14.3. The lowest BCUT2D eigenvalue weighted by Gasteiger charge is -2.03. The molecule has 2 heteroatoms. The second-order valence-electron chi connectivity index (χ2n) is 2.95. The van der Waals surface area contributed by atoms with Crippen LogP contribution in [0.15, 0.2) is 42.5 Å². The Hall–Kier alpha value is -1.38. The summed E-state index contributed by atoms with van der Waals surface area (Å²) in [6.07, 6.45) is 0. The third kappa shape index (κ3) is 2.78. The van der Waals surface area contributed by atoms with Gasteiger partial charge in [0.15, 0.2) is 0 Å². The fraction of sp³-hybridized carbons (Fsp3) is 0.231. The minimum Gasteiger partial charge on any atom is -0.300 e. The molecule has 15 heavy (non-hydrogen) atoms. The number of fused-ring (bicyclic) bond motifs is 1. The first-order valence-electron chi connectivity index (χ1n) is 5.20. The zero-order chi connectivity index (χ0) is 11.1. The first kappa shape index (κ1) is 11.7. The van der Waals surface area contributed by atoms with Gasteiger partial charge in [-0.2, -0.15) is 0 Å². The molecule has 0 aliphatic carbocycles. The Bertz CT molecular complexity index is 407. The minimum atomic E-state index is 0.460. The highest BCUT2D eigenvalue weighted by atomic mass is 16.6. The molecule has 0 fully saturated rings. The van der Waals surface area contributed by atoms with Crippen molar-refractivity contribution >= 4 is 10.8 Å². The van der Waals surface area contributed by atoms with E-state index >= 15 is 0 Å². The van der Waals surface area contributed by atoms with Crippen LogP contribution in [0.5, 0.6) is 0 Å². The summed E-state index contributed by atoms with van der Waals surface area (Å²) >= 11 is 0. The van der Waals surface area contributed by atoms with E-state index in [4.69, 9.17) is 5.90 Å². The lowest BCUT2D eigenvalue weighted by molar-refractivity contribution is 0.125. The molecule has 0 spiro atoms. The van der Waals surface area contributed by atoms with E-state index in [1.54, 1.807) is 0 Å². The average Bonchev–Trinajstić information content (AvgIpc) is 2.33. The second kappa shape index (κ2) is 6.17. The van der Waals surface area contributed by atoms with Crippen LogP contribution in [0.25, 0.3) is 10.8 Å². The molecule has 0 heterocycles. The molecule has 2 rings (SSSR count). The van der Waals surface area contributed by atoms with Crippen molar-refractivity contribution in [2.24, 2.45) is 5.90 Å². The minimum absolute atomic E-state index is 0.460. The molecular weight excluding hydrogens is 186 g/mol. The van der Waals surface area contributed by atoms with Crippen molar-refractivity contribution in [1.29, 1.82) is 0 Å². The summed E-state index contributed by atoms with van der Waals surface area (Å²) in [5, 5.41) is 2.42. The molecule has 2 N–H and O–H groups in total. The van der Waals surface area contributed by atoms with Crippen LogP contribution in [0.3, 0.4) is 0 Å². The zero-order valence-electron chi connectivity index (χ0n) is 9.23. The molecule has 80 valence electrons. The SMILES string of the molecule is CC.NOCc1cccc2ccccc12. The highest BCUT2D eigenvalue weighted by Gasteiger charge is 1.98. The molecule has 0 unspecified atom stereocenters. The number of benzene rings is 2. The van der Waals surface area contributed by atoms with E-state index in [0.717, 1.165) is 5.56 Å². The molecule has 0 aliphatic heterocycles. The van der Waals surface area contributed by atoms with Crippen molar-refractivity contribution in [3.05, 3.63) is 48.0 Å². The number of nitrogens with two attached hydrogens (primary N) is 1. The van der Waals surface area contributed by atoms with Gasteiger partial charge in [0.05, 0.1) is 6.61 Å². The van der Waals surface area contributed by atoms with E-state index in [1.807, 2.05) is 38.1 Å². The van der Waals surface area contributed by atoms with E-state index in [-0.39, 0.29) is 0 Å². The number of hydrogen-bond donors (Lipinski definition) is 1. The third-order valence-electron chi connectivity index (χ3n) is 2.12. The van der Waals surface area contributed by atoms with Gasteiger partial charge in [0, 0.05) is 0 Å². The number of hydrogen-bond acceptors (Lipinski definition) is 2. The number of rotatable bonds is 2. The fourth-order valence-electron chi connectivity index (χ4n) is 1.51. The van der Waals surface area contributed by atoms with Crippen molar-refractivity contribution in [1.82, 2.24) is 0 Å². The highest BCUT2D eigenvalue weighted by molar-refractivity contribution is 5.85. The smallest absolute Gasteiger partial charge is 0.0936 e. The van der Waals surface area contributed by atoms with Crippen molar-refractivity contribution < 1.29 is 4.84 Å². The standard InChI is InChI=1S/C11H11NO.C2H6/c12-13-8-10-6-3-5-9-4-1-2-7-11(9)10;1-2/h1-7H,8,12H2;1-2H3. The quantitative estimate of drug-likeness (QED) is 0.760. The van der Waals surface area contributed by atoms with Crippen LogP contribution >= 0.6 is 0 Å².